The van der Waals surface area contributed by atoms with Gasteiger partial charge in [0.05, 0.1) is 6.04 Å². The zero-order chi connectivity index (χ0) is 15.3. The minimum Gasteiger partial charge on any atom is -0.296 e. The summed E-state index contributed by atoms with van der Waals surface area (Å²) < 4.78 is 0. The van der Waals surface area contributed by atoms with Crippen molar-refractivity contribution in [2.75, 3.05) is 13.1 Å². The van der Waals surface area contributed by atoms with Crippen molar-refractivity contribution in [3.8, 4) is 0 Å². The molecule has 0 spiro atoms. The van der Waals surface area contributed by atoms with Gasteiger partial charge in [-0.05, 0) is 57.3 Å². The largest absolute Gasteiger partial charge is 0.296 e. The average molecular weight is 289 g/mol. The fourth-order valence-electron chi connectivity index (χ4n) is 3.58. The summed E-state index contributed by atoms with van der Waals surface area (Å²) in [6.07, 6.45) is 6.28. The van der Waals surface area contributed by atoms with Crippen LogP contribution in [0.4, 0.5) is 0 Å². The highest BCUT2D eigenvalue weighted by atomic mass is 15.3. The number of benzene rings is 1. The van der Waals surface area contributed by atoms with E-state index in [0.29, 0.717) is 0 Å². The van der Waals surface area contributed by atoms with E-state index in [1.165, 1.54) is 49.9 Å². The van der Waals surface area contributed by atoms with Crippen LogP contribution < -0.4 is 11.3 Å². The van der Waals surface area contributed by atoms with Gasteiger partial charge < -0.3 is 0 Å². The van der Waals surface area contributed by atoms with Gasteiger partial charge in [-0.25, -0.2) is 0 Å². The Morgan fingerprint density at radius 3 is 2.57 bits per heavy atom. The Bertz CT molecular complexity index is 436. The van der Waals surface area contributed by atoms with E-state index in [2.05, 4.69) is 55.4 Å². The van der Waals surface area contributed by atoms with Crippen LogP contribution in [-0.2, 0) is 6.42 Å². The summed E-state index contributed by atoms with van der Waals surface area (Å²) in [5, 5.41) is 0. The molecule has 0 radical (unpaired) electrons. The molecule has 1 fully saturated rings. The molecule has 1 aliphatic rings. The van der Waals surface area contributed by atoms with Gasteiger partial charge >= 0.3 is 0 Å². The predicted octanol–water partition coefficient (Wildman–Crippen LogP) is 3.41. The molecule has 1 heterocycles. The molecule has 1 atom stereocenters. The van der Waals surface area contributed by atoms with E-state index >= 15 is 0 Å². The quantitative estimate of drug-likeness (QED) is 0.623. The van der Waals surface area contributed by atoms with Gasteiger partial charge in [0.25, 0.3) is 0 Å². The molecule has 0 saturated carbocycles. The lowest BCUT2D eigenvalue weighted by atomic mass is 9.85. The molecular formula is C18H31N3. The Labute approximate surface area is 129 Å². The second-order valence-electron chi connectivity index (χ2n) is 6.80. The average Bonchev–Trinajstić information content (AvgIpc) is 2.49. The second-order valence-corrected chi connectivity index (χ2v) is 6.80. The zero-order valence-electron chi connectivity index (χ0n) is 13.9. The van der Waals surface area contributed by atoms with Crippen molar-refractivity contribution in [3.63, 3.8) is 0 Å². The lowest BCUT2D eigenvalue weighted by molar-refractivity contribution is 0.0608. The summed E-state index contributed by atoms with van der Waals surface area (Å²) in [7, 11) is 0. The smallest absolute Gasteiger partial charge is 0.0638 e. The van der Waals surface area contributed by atoms with Gasteiger partial charge in [-0.15, -0.1) is 0 Å². The predicted molar refractivity (Wildman–Crippen MR) is 90.0 cm³/mol. The number of nitrogens with two attached hydrogens (primary N) is 1. The minimum absolute atomic E-state index is 0.0278. The number of hydrogen-bond donors (Lipinski definition) is 2. The summed E-state index contributed by atoms with van der Waals surface area (Å²) in [5.41, 5.74) is 5.82. The van der Waals surface area contributed by atoms with Gasteiger partial charge in [-0.1, -0.05) is 44.0 Å². The number of nitrogens with one attached hydrogen (secondary N) is 1. The van der Waals surface area contributed by atoms with Gasteiger partial charge in [0.1, 0.15) is 0 Å². The van der Waals surface area contributed by atoms with E-state index in [4.69, 9.17) is 5.84 Å². The first kappa shape index (κ1) is 16.5. The molecule has 3 heteroatoms. The van der Waals surface area contributed by atoms with E-state index in [0.717, 1.165) is 6.42 Å². The Morgan fingerprint density at radius 2 is 1.95 bits per heavy atom. The maximum absolute atomic E-state index is 5.94. The molecular weight excluding hydrogens is 258 g/mol. The molecule has 3 nitrogen and oxygen atoms in total. The van der Waals surface area contributed by atoms with Crippen molar-refractivity contribution in [1.29, 1.82) is 0 Å². The Morgan fingerprint density at radius 1 is 1.24 bits per heavy atom. The van der Waals surface area contributed by atoms with Gasteiger partial charge in [0.2, 0.25) is 0 Å². The highest BCUT2D eigenvalue weighted by molar-refractivity contribution is 5.28. The number of hydrazine groups is 1. The second kappa shape index (κ2) is 7.39. The Balaban J connectivity index is 2.22. The zero-order valence-corrected chi connectivity index (χ0v) is 13.9. The number of aryl methyl sites for hydroxylation is 1. The van der Waals surface area contributed by atoms with Crippen LogP contribution in [0.2, 0.25) is 0 Å². The number of rotatable bonds is 6. The molecule has 1 aliphatic heterocycles. The summed E-state index contributed by atoms with van der Waals surface area (Å²) in [5.74, 6) is 5.94. The number of likely N-dealkylation sites (tertiary alicyclic amines) is 1. The third kappa shape index (κ3) is 3.85. The highest BCUT2D eigenvalue weighted by Crippen LogP contribution is 2.33. The molecule has 0 bridgehead atoms. The van der Waals surface area contributed by atoms with Gasteiger partial charge in [-0.3, -0.25) is 16.2 Å². The normalized spacial score (nSPS) is 18.7. The van der Waals surface area contributed by atoms with Crippen molar-refractivity contribution in [2.24, 2.45) is 5.84 Å². The van der Waals surface area contributed by atoms with Gasteiger partial charge in [0, 0.05) is 5.54 Å². The number of hydrogen-bond acceptors (Lipinski definition) is 3. The molecule has 1 saturated heterocycles. The van der Waals surface area contributed by atoms with Crippen molar-refractivity contribution >= 4 is 0 Å². The van der Waals surface area contributed by atoms with Crippen LogP contribution >= 0.6 is 0 Å². The summed E-state index contributed by atoms with van der Waals surface area (Å²) in [4.78, 5) is 2.59. The van der Waals surface area contributed by atoms with E-state index < -0.39 is 0 Å². The first-order chi connectivity index (χ1) is 10.1. The van der Waals surface area contributed by atoms with E-state index in [-0.39, 0.29) is 11.6 Å². The van der Waals surface area contributed by atoms with Crippen molar-refractivity contribution < 1.29 is 0 Å². The maximum atomic E-state index is 5.94. The standard InChI is InChI=1S/C18H31N3/c1-4-9-15-10-8-11-16(14-15)17(20-19)18(2,3)21-12-6-5-7-13-21/h8,10-11,14,17,20H,4-7,9,12-13,19H2,1-3H3. The van der Waals surface area contributed by atoms with E-state index in [9.17, 15) is 0 Å². The van der Waals surface area contributed by atoms with Crippen LogP contribution in [0.3, 0.4) is 0 Å². The third-order valence-corrected chi connectivity index (χ3v) is 4.87. The van der Waals surface area contributed by atoms with E-state index in [1.807, 2.05) is 0 Å². The molecule has 1 aromatic rings. The van der Waals surface area contributed by atoms with Crippen LogP contribution in [0.5, 0.6) is 0 Å². The minimum atomic E-state index is 0.0278. The summed E-state index contributed by atoms with van der Waals surface area (Å²) in [6, 6.07) is 9.06. The molecule has 1 aromatic carbocycles. The lowest BCUT2D eigenvalue weighted by Crippen LogP contribution is -2.55. The molecule has 0 amide bonds. The Kier molecular flexibility index (Phi) is 5.80. The van der Waals surface area contributed by atoms with E-state index in [1.54, 1.807) is 0 Å². The Hall–Kier alpha value is -0.900. The lowest BCUT2D eigenvalue weighted by Gasteiger charge is -2.46. The molecule has 21 heavy (non-hydrogen) atoms. The fraction of sp³-hybridized carbons (Fsp3) is 0.667. The number of nitrogens with zero attached hydrogens (tertiary/aromatic N) is 1. The maximum Gasteiger partial charge on any atom is 0.0638 e. The van der Waals surface area contributed by atoms with Crippen LogP contribution in [0.15, 0.2) is 24.3 Å². The van der Waals surface area contributed by atoms with Crippen LogP contribution in [0.1, 0.15) is 63.6 Å². The first-order valence-electron chi connectivity index (χ1n) is 8.39. The topological polar surface area (TPSA) is 41.3 Å². The molecule has 118 valence electrons. The number of piperidine rings is 1. The molecule has 0 aromatic heterocycles. The SMILES string of the molecule is CCCc1cccc(C(NN)C(C)(C)N2CCCCC2)c1. The first-order valence-corrected chi connectivity index (χ1v) is 8.39. The highest BCUT2D eigenvalue weighted by Gasteiger charge is 2.36. The van der Waals surface area contributed by atoms with Crippen LogP contribution in [0.25, 0.3) is 0 Å². The molecule has 3 N–H and O–H groups in total. The van der Waals surface area contributed by atoms with Crippen LogP contribution in [-0.4, -0.2) is 23.5 Å². The third-order valence-electron chi connectivity index (χ3n) is 4.87. The van der Waals surface area contributed by atoms with Crippen molar-refractivity contribution in [1.82, 2.24) is 10.3 Å². The monoisotopic (exact) mass is 289 g/mol. The fourth-order valence-corrected chi connectivity index (χ4v) is 3.58. The molecule has 2 rings (SSSR count). The summed E-state index contributed by atoms with van der Waals surface area (Å²) in [6.45, 7) is 9.22. The van der Waals surface area contributed by atoms with Crippen molar-refractivity contribution in [2.45, 2.75) is 64.5 Å². The molecule has 0 aliphatic carbocycles. The van der Waals surface area contributed by atoms with Crippen LogP contribution in [0, 0.1) is 0 Å². The van der Waals surface area contributed by atoms with Gasteiger partial charge in [-0.2, -0.15) is 0 Å². The van der Waals surface area contributed by atoms with Gasteiger partial charge in [0.15, 0.2) is 0 Å². The summed E-state index contributed by atoms with van der Waals surface area (Å²) >= 11 is 0. The molecule has 1 unspecified atom stereocenters. The van der Waals surface area contributed by atoms with Crippen molar-refractivity contribution in [3.05, 3.63) is 35.4 Å².